The van der Waals surface area contributed by atoms with Gasteiger partial charge in [0.25, 0.3) is 0 Å². The number of hydrogen-bond acceptors (Lipinski definition) is 5. The Kier molecular flexibility index (Phi) is 12.2. The van der Waals surface area contributed by atoms with E-state index in [4.69, 9.17) is 9.47 Å². The van der Waals surface area contributed by atoms with Crippen LogP contribution in [0.1, 0.15) is 44.9 Å². The molecule has 0 aromatic carbocycles. The maximum absolute atomic E-state index is 5.80. The molecule has 30 heavy (non-hydrogen) atoms. The smallest absolute Gasteiger partial charge is 0.191 e. The van der Waals surface area contributed by atoms with Crippen molar-refractivity contribution in [2.75, 3.05) is 79.8 Å². The van der Waals surface area contributed by atoms with E-state index in [-0.39, 0.29) is 29.5 Å². The van der Waals surface area contributed by atoms with Gasteiger partial charge in [0.05, 0.1) is 13.2 Å². The van der Waals surface area contributed by atoms with Crippen molar-refractivity contribution in [2.45, 2.75) is 50.5 Å². The van der Waals surface area contributed by atoms with E-state index in [1.807, 2.05) is 7.05 Å². The van der Waals surface area contributed by atoms with E-state index in [2.05, 4.69) is 32.5 Å². The monoisotopic (exact) mass is 537 g/mol. The number of nitrogens with one attached hydrogen (secondary N) is 2. The van der Waals surface area contributed by atoms with E-state index in [1.54, 1.807) is 0 Å². The largest absolute Gasteiger partial charge is 0.381 e. The fourth-order valence-corrected chi connectivity index (χ4v) is 4.82. The molecule has 0 aliphatic carbocycles. The summed E-state index contributed by atoms with van der Waals surface area (Å²) in [6.07, 6.45) is 8.70. The van der Waals surface area contributed by atoms with Gasteiger partial charge >= 0.3 is 0 Å². The molecule has 0 aromatic rings. The second-order valence-corrected chi connectivity index (χ2v) is 9.09. The van der Waals surface area contributed by atoms with Crippen molar-refractivity contribution in [1.82, 2.24) is 20.4 Å². The van der Waals surface area contributed by atoms with Crippen molar-refractivity contribution in [1.29, 1.82) is 0 Å². The number of aliphatic imine (C=N–C) groups is 1. The predicted octanol–water partition coefficient (Wildman–Crippen LogP) is 2.16. The van der Waals surface area contributed by atoms with E-state index in [9.17, 15) is 0 Å². The maximum atomic E-state index is 5.80. The molecule has 3 aliphatic rings. The molecule has 0 spiro atoms. The zero-order chi connectivity index (χ0) is 20.4. The van der Waals surface area contributed by atoms with Crippen LogP contribution in [0.4, 0.5) is 0 Å². The Balaban J connectivity index is 0.00000320. The van der Waals surface area contributed by atoms with E-state index >= 15 is 0 Å². The fourth-order valence-electron chi connectivity index (χ4n) is 4.82. The zero-order valence-corrected chi connectivity index (χ0v) is 21.5. The normalized spacial score (nSPS) is 25.7. The van der Waals surface area contributed by atoms with Crippen LogP contribution in [-0.2, 0) is 9.47 Å². The Labute approximate surface area is 200 Å². The molecule has 2 N–H and O–H groups in total. The van der Waals surface area contributed by atoms with Gasteiger partial charge in [-0.2, -0.15) is 0 Å². The van der Waals surface area contributed by atoms with Gasteiger partial charge in [-0.3, -0.25) is 9.89 Å². The van der Waals surface area contributed by atoms with Crippen molar-refractivity contribution in [2.24, 2.45) is 10.9 Å². The van der Waals surface area contributed by atoms with Crippen LogP contribution >= 0.6 is 24.0 Å². The zero-order valence-electron chi connectivity index (χ0n) is 19.2. The molecule has 1 unspecified atom stereocenters. The van der Waals surface area contributed by atoms with Gasteiger partial charge in [-0.25, -0.2) is 0 Å². The Bertz CT molecular complexity index is 488. The number of piperidine rings is 2. The minimum atomic E-state index is 0. The first-order chi connectivity index (χ1) is 14.2. The lowest BCUT2D eigenvalue weighted by molar-refractivity contribution is 0.0173. The van der Waals surface area contributed by atoms with E-state index in [0.29, 0.717) is 5.92 Å². The molecule has 0 radical (unpaired) electrons. The Morgan fingerprint density at radius 3 is 2.57 bits per heavy atom. The van der Waals surface area contributed by atoms with E-state index in [1.165, 1.54) is 58.3 Å². The highest BCUT2D eigenvalue weighted by Crippen LogP contribution is 2.30. The van der Waals surface area contributed by atoms with Crippen LogP contribution in [0.3, 0.4) is 0 Å². The molecule has 0 bridgehead atoms. The molecule has 0 saturated carbocycles. The third-order valence-electron chi connectivity index (χ3n) is 6.89. The molecular formula is C22H44IN5O2. The third kappa shape index (κ3) is 8.07. The number of ether oxygens (including phenoxy) is 2. The summed E-state index contributed by atoms with van der Waals surface area (Å²) in [6, 6.07) is 0. The molecule has 3 fully saturated rings. The van der Waals surface area contributed by atoms with Crippen LogP contribution in [-0.4, -0.2) is 101 Å². The van der Waals surface area contributed by atoms with Gasteiger partial charge in [0.2, 0.25) is 0 Å². The summed E-state index contributed by atoms with van der Waals surface area (Å²) in [4.78, 5) is 9.69. The van der Waals surface area contributed by atoms with Crippen LogP contribution in [0.2, 0.25) is 0 Å². The number of guanidine groups is 1. The summed E-state index contributed by atoms with van der Waals surface area (Å²) in [5.74, 6) is 1.52. The highest BCUT2D eigenvalue weighted by atomic mass is 127. The standard InChI is InChI=1S/C22H43N5O2.HI/c1-23-21(24-10-6-15-28-17-20-7-16-29-18-20)25-19-22(8-13-26(2)14-9-22)27-11-4-3-5-12-27;/h20H,3-19H2,1-2H3,(H2,23,24,25);1H. The molecular weight excluding hydrogens is 493 g/mol. The number of nitrogens with zero attached hydrogens (tertiary/aromatic N) is 3. The lowest BCUT2D eigenvalue weighted by Gasteiger charge is -2.50. The molecule has 0 aromatic heterocycles. The molecule has 8 heteroatoms. The number of likely N-dealkylation sites (tertiary alicyclic amines) is 2. The molecule has 3 heterocycles. The predicted molar refractivity (Wildman–Crippen MR) is 134 cm³/mol. The highest BCUT2D eigenvalue weighted by Gasteiger charge is 2.39. The van der Waals surface area contributed by atoms with Crippen LogP contribution in [0.5, 0.6) is 0 Å². The first-order valence-corrected chi connectivity index (χ1v) is 11.8. The summed E-state index contributed by atoms with van der Waals surface area (Å²) in [7, 11) is 4.12. The SMILES string of the molecule is CN=C(NCCCOCC1CCOC1)NCC1(N2CCCCC2)CCN(C)CC1.I. The summed E-state index contributed by atoms with van der Waals surface area (Å²) >= 11 is 0. The topological polar surface area (TPSA) is 61.4 Å². The number of hydrogen-bond donors (Lipinski definition) is 2. The lowest BCUT2D eigenvalue weighted by Crippen LogP contribution is -2.62. The summed E-state index contributed by atoms with van der Waals surface area (Å²) < 4.78 is 11.2. The van der Waals surface area contributed by atoms with Crippen LogP contribution in [0, 0.1) is 5.92 Å². The van der Waals surface area contributed by atoms with Gasteiger partial charge in [0.1, 0.15) is 0 Å². The minimum absolute atomic E-state index is 0. The average molecular weight is 538 g/mol. The average Bonchev–Trinajstić information content (AvgIpc) is 3.28. The molecule has 7 nitrogen and oxygen atoms in total. The number of rotatable bonds is 9. The fraction of sp³-hybridized carbons (Fsp3) is 0.955. The molecule has 3 rings (SSSR count). The molecule has 176 valence electrons. The number of halogens is 1. The van der Waals surface area contributed by atoms with Gasteiger partial charge in [-0.05, 0) is 71.8 Å². The van der Waals surface area contributed by atoms with Crippen molar-refractivity contribution >= 4 is 29.9 Å². The summed E-state index contributed by atoms with van der Waals surface area (Å²) in [6.45, 7) is 10.1. The summed E-state index contributed by atoms with van der Waals surface area (Å²) in [5.41, 5.74) is 0.275. The van der Waals surface area contributed by atoms with Gasteiger partial charge in [0, 0.05) is 44.8 Å². The van der Waals surface area contributed by atoms with E-state index in [0.717, 1.165) is 58.3 Å². The van der Waals surface area contributed by atoms with Gasteiger partial charge < -0.3 is 25.0 Å². The van der Waals surface area contributed by atoms with Crippen molar-refractivity contribution in [3.8, 4) is 0 Å². The summed E-state index contributed by atoms with van der Waals surface area (Å²) in [5, 5.41) is 7.12. The van der Waals surface area contributed by atoms with Crippen molar-refractivity contribution in [3.05, 3.63) is 0 Å². The van der Waals surface area contributed by atoms with Crippen molar-refractivity contribution in [3.63, 3.8) is 0 Å². The second-order valence-electron chi connectivity index (χ2n) is 9.09. The van der Waals surface area contributed by atoms with Crippen molar-refractivity contribution < 1.29 is 9.47 Å². The maximum Gasteiger partial charge on any atom is 0.191 e. The molecule has 3 aliphatic heterocycles. The van der Waals surface area contributed by atoms with Crippen LogP contribution in [0.25, 0.3) is 0 Å². The second kappa shape index (κ2) is 14.1. The lowest BCUT2D eigenvalue weighted by atomic mass is 9.84. The van der Waals surface area contributed by atoms with E-state index < -0.39 is 0 Å². The third-order valence-corrected chi connectivity index (χ3v) is 6.89. The van der Waals surface area contributed by atoms with Gasteiger partial charge in [-0.1, -0.05) is 6.42 Å². The quantitative estimate of drug-likeness (QED) is 0.204. The molecule has 0 amide bonds. The van der Waals surface area contributed by atoms with Gasteiger partial charge in [0.15, 0.2) is 5.96 Å². The highest BCUT2D eigenvalue weighted by molar-refractivity contribution is 14.0. The Hall–Kier alpha value is -0.160. The van der Waals surface area contributed by atoms with Gasteiger partial charge in [-0.15, -0.1) is 24.0 Å². The molecule has 3 saturated heterocycles. The Morgan fingerprint density at radius 1 is 1.13 bits per heavy atom. The van der Waals surface area contributed by atoms with Crippen LogP contribution in [0.15, 0.2) is 4.99 Å². The first kappa shape index (κ1) is 26.1. The first-order valence-electron chi connectivity index (χ1n) is 11.8. The Morgan fingerprint density at radius 2 is 1.90 bits per heavy atom. The van der Waals surface area contributed by atoms with Crippen LogP contribution < -0.4 is 10.6 Å². The molecule has 1 atom stereocenters. The minimum Gasteiger partial charge on any atom is -0.381 e.